The Kier molecular flexibility index (Phi) is 7.38. The van der Waals surface area contributed by atoms with E-state index in [1.54, 1.807) is 0 Å². The molecule has 0 bridgehead atoms. The van der Waals surface area contributed by atoms with E-state index in [4.69, 9.17) is 9.29 Å². The number of carbonyl (C=O) groups excluding carboxylic acids is 1. The molecule has 0 aromatic heterocycles. The number of hydrogen-bond donors (Lipinski definition) is 2. The highest BCUT2D eigenvalue weighted by Crippen LogP contribution is 2.18. The van der Waals surface area contributed by atoms with Crippen LogP contribution in [0.3, 0.4) is 0 Å². The van der Waals surface area contributed by atoms with E-state index in [0.717, 1.165) is 31.9 Å². The molecule has 1 aromatic carbocycles. The summed E-state index contributed by atoms with van der Waals surface area (Å²) in [4.78, 5) is 12.3. The van der Waals surface area contributed by atoms with Crippen LogP contribution >= 0.6 is 0 Å². The normalized spacial score (nSPS) is 17.4. The van der Waals surface area contributed by atoms with E-state index in [1.807, 2.05) is 0 Å². The van der Waals surface area contributed by atoms with Crippen molar-refractivity contribution >= 4 is 25.9 Å². The Labute approximate surface area is 160 Å². The zero-order chi connectivity index (χ0) is 20.1. The quantitative estimate of drug-likeness (QED) is 0.478. The Morgan fingerprint density at radius 1 is 1.15 bits per heavy atom. The first-order valence-electron chi connectivity index (χ1n) is 8.74. The Morgan fingerprint density at radius 2 is 1.74 bits per heavy atom. The van der Waals surface area contributed by atoms with Crippen molar-refractivity contribution in [2.75, 3.05) is 18.6 Å². The Hall–Kier alpha value is -1.49. The molecule has 27 heavy (non-hydrogen) atoms. The third kappa shape index (κ3) is 7.57. The van der Waals surface area contributed by atoms with Crippen LogP contribution in [0.2, 0.25) is 0 Å². The zero-order valence-corrected chi connectivity index (χ0v) is 16.8. The molecular formula is C17H25NO7S2. The molecular weight excluding hydrogens is 394 g/mol. The summed E-state index contributed by atoms with van der Waals surface area (Å²) in [6.45, 7) is 0.109. The first-order valence-corrected chi connectivity index (χ1v) is 12.2. The van der Waals surface area contributed by atoms with Crippen molar-refractivity contribution in [1.29, 1.82) is 0 Å². The Bertz CT molecular complexity index is 842. The second-order valence-corrected chi connectivity index (χ2v) is 10.3. The van der Waals surface area contributed by atoms with Gasteiger partial charge in [0.05, 0.1) is 10.5 Å². The first-order chi connectivity index (χ1) is 12.5. The minimum Gasteiger partial charge on any atom is -0.456 e. The summed E-state index contributed by atoms with van der Waals surface area (Å²) in [5, 5.41) is 3.20. The topological polar surface area (TPSA) is 127 Å². The number of rotatable bonds is 8. The Morgan fingerprint density at radius 3 is 2.26 bits per heavy atom. The van der Waals surface area contributed by atoms with Crippen LogP contribution in [0.15, 0.2) is 29.2 Å². The van der Waals surface area contributed by atoms with E-state index in [0.29, 0.717) is 0 Å². The minimum absolute atomic E-state index is 0.0625. The number of ether oxygens (including phenoxy) is 1. The third-order valence-electron chi connectivity index (χ3n) is 4.43. The maximum Gasteiger partial charge on any atom is 0.338 e. The second kappa shape index (κ2) is 9.13. The van der Waals surface area contributed by atoms with Crippen molar-refractivity contribution in [2.45, 2.75) is 49.1 Å². The molecule has 0 saturated heterocycles. The highest BCUT2D eigenvalue weighted by atomic mass is 32.2. The lowest BCUT2D eigenvalue weighted by molar-refractivity contribution is 0.0338. The van der Waals surface area contributed by atoms with Gasteiger partial charge in [-0.3, -0.25) is 4.55 Å². The summed E-state index contributed by atoms with van der Waals surface area (Å²) in [6.07, 6.45) is 5.30. The molecule has 0 spiro atoms. The van der Waals surface area contributed by atoms with E-state index in [1.165, 1.54) is 30.7 Å². The largest absolute Gasteiger partial charge is 0.456 e. The fourth-order valence-electron chi connectivity index (χ4n) is 3.03. The standard InChI is InChI=1S/C17H25NO7S2/c1-26(20,21)16-9-7-13(8-10-16)17(19)25-15(12-27(22,23)24)11-18-14-5-3-2-4-6-14/h7-10,14-15,18H,2-6,11-12H2,1H3,(H,22,23,24). The number of hydrogen-bond acceptors (Lipinski definition) is 7. The van der Waals surface area contributed by atoms with E-state index in [-0.39, 0.29) is 23.0 Å². The van der Waals surface area contributed by atoms with Crippen molar-refractivity contribution in [1.82, 2.24) is 5.32 Å². The van der Waals surface area contributed by atoms with Gasteiger partial charge < -0.3 is 10.1 Å². The van der Waals surface area contributed by atoms with Crippen molar-refractivity contribution in [2.24, 2.45) is 0 Å². The molecule has 0 amide bonds. The van der Waals surface area contributed by atoms with Crippen LogP contribution in [0.4, 0.5) is 0 Å². The molecule has 1 aromatic rings. The maximum absolute atomic E-state index is 12.3. The summed E-state index contributed by atoms with van der Waals surface area (Å²) in [6, 6.07) is 5.40. The van der Waals surface area contributed by atoms with Gasteiger partial charge in [-0.25, -0.2) is 13.2 Å². The molecule has 1 atom stereocenters. The van der Waals surface area contributed by atoms with Gasteiger partial charge >= 0.3 is 5.97 Å². The zero-order valence-electron chi connectivity index (χ0n) is 15.1. The van der Waals surface area contributed by atoms with Crippen LogP contribution in [-0.4, -0.2) is 58.1 Å². The van der Waals surface area contributed by atoms with Gasteiger partial charge in [-0.05, 0) is 37.1 Å². The number of esters is 1. The number of sulfone groups is 1. The molecule has 0 radical (unpaired) electrons. The molecule has 1 aliphatic rings. The molecule has 10 heteroatoms. The molecule has 1 saturated carbocycles. The van der Waals surface area contributed by atoms with E-state index < -0.39 is 37.8 Å². The molecule has 2 rings (SSSR count). The van der Waals surface area contributed by atoms with E-state index >= 15 is 0 Å². The molecule has 8 nitrogen and oxygen atoms in total. The number of benzene rings is 1. The molecule has 0 aliphatic heterocycles. The smallest absolute Gasteiger partial charge is 0.338 e. The van der Waals surface area contributed by atoms with Crippen LogP contribution in [0.5, 0.6) is 0 Å². The lowest BCUT2D eigenvalue weighted by Gasteiger charge is -2.25. The highest BCUT2D eigenvalue weighted by Gasteiger charge is 2.24. The number of carbonyl (C=O) groups is 1. The molecule has 1 unspecified atom stereocenters. The lowest BCUT2D eigenvalue weighted by atomic mass is 9.95. The van der Waals surface area contributed by atoms with Crippen molar-refractivity contribution in [3.63, 3.8) is 0 Å². The molecule has 0 heterocycles. The van der Waals surface area contributed by atoms with Gasteiger partial charge in [-0.1, -0.05) is 19.3 Å². The van der Waals surface area contributed by atoms with Crippen LogP contribution in [-0.2, 0) is 24.7 Å². The fraction of sp³-hybridized carbons (Fsp3) is 0.588. The van der Waals surface area contributed by atoms with Gasteiger partial charge in [0, 0.05) is 18.8 Å². The minimum atomic E-state index is -4.33. The predicted molar refractivity (Wildman–Crippen MR) is 100 cm³/mol. The average molecular weight is 420 g/mol. The van der Waals surface area contributed by atoms with Crippen LogP contribution < -0.4 is 5.32 Å². The Balaban J connectivity index is 2.03. The van der Waals surface area contributed by atoms with Crippen LogP contribution in [0, 0.1) is 0 Å². The molecule has 1 aliphatic carbocycles. The highest BCUT2D eigenvalue weighted by molar-refractivity contribution is 7.90. The van der Waals surface area contributed by atoms with Gasteiger partial charge in [0.25, 0.3) is 10.1 Å². The van der Waals surface area contributed by atoms with Crippen molar-refractivity contribution in [3.05, 3.63) is 29.8 Å². The van der Waals surface area contributed by atoms with Crippen LogP contribution in [0.1, 0.15) is 42.5 Å². The van der Waals surface area contributed by atoms with E-state index in [9.17, 15) is 21.6 Å². The summed E-state index contributed by atoms with van der Waals surface area (Å²) in [5.41, 5.74) is 0.0976. The van der Waals surface area contributed by atoms with Crippen molar-refractivity contribution in [3.8, 4) is 0 Å². The van der Waals surface area contributed by atoms with Gasteiger partial charge in [0.1, 0.15) is 11.9 Å². The van der Waals surface area contributed by atoms with Gasteiger partial charge in [0.2, 0.25) is 0 Å². The van der Waals surface area contributed by atoms with Gasteiger partial charge in [0.15, 0.2) is 9.84 Å². The monoisotopic (exact) mass is 419 g/mol. The van der Waals surface area contributed by atoms with Gasteiger partial charge in [-0.15, -0.1) is 0 Å². The fourth-order valence-corrected chi connectivity index (χ4v) is 4.32. The summed E-state index contributed by atoms with van der Waals surface area (Å²) < 4.78 is 59.8. The summed E-state index contributed by atoms with van der Waals surface area (Å²) >= 11 is 0. The van der Waals surface area contributed by atoms with Gasteiger partial charge in [-0.2, -0.15) is 8.42 Å². The molecule has 2 N–H and O–H groups in total. The maximum atomic E-state index is 12.3. The average Bonchev–Trinajstić information content (AvgIpc) is 2.58. The van der Waals surface area contributed by atoms with Crippen LogP contribution in [0.25, 0.3) is 0 Å². The molecule has 1 fully saturated rings. The van der Waals surface area contributed by atoms with E-state index in [2.05, 4.69) is 5.32 Å². The summed E-state index contributed by atoms with van der Waals surface area (Å²) in [5.74, 6) is -1.49. The lowest BCUT2D eigenvalue weighted by Crippen LogP contribution is -2.41. The van der Waals surface area contributed by atoms with Crippen molar-refractivity contribution < 1.29 is 30.9 Å². The number of nitrogens with one attached hydrogen (secondary N) is 1. The molecule has 152 valence electrons. The predicted octanol–water partition coefficient (Wildman–Crippen LogP) is 1.43. The second-order valence-electron chi connectivity index (χ2n) is 6.82. The SMILES string of the molecule is CS(=O)(=O)c1ccc(C(=O)OC(CNC2CCCCC2)CS(=O)(=O)O)cc1. The first kappa shape index (κ1) is 21.8. The third-order valence-corrected chi connectivity index (χ3v) is 6.35. The summed E-state index contributed by atoms with van der Waals surface area (Å²) in [7, 11) is -7.71.